The van der Waals surface area contributed by atoms with E-state index in [4.69, 9.17) is 16.3 Å². The normalized spacial score (nSPS) is 12.2. The lowest BCUT2D eigenvalue weighted by atomic mass is 9.95. The van der Waals surface area contributed by atoms with Gasteiger partial charge in [0.1, 0.15) is 5.75 Å². The van der Waals surface area contributed by atoms with Crippen molar-refractivity contribution < 1.29 is 4.74 Å². The topological polar surface area (TPSA) is 9.23 Å². The van der Waals surface area contributed by atoms with E-state index in [9.17, 15) is 0 Å². The van der Waals surface area contributed by atoms with Crippen LogP contribution in [0.4, 0.5) is 0 Å². The molecule has 0 heterocycles. The first-order chi connectivity index (χ1) is 9.13. The number of aryl methyl sites for hydroxylation is 2. The second-order valence-electron chi connectivity index (χ2n) is 4.79. The minimum atomic E-state index is -0.0301. The molecule has 0 amide bonds. The van der Waals surface area contributed by atoms with Crippen molar-refractivity contribution in [2.45, 2.75) is 25.6 Å². The van der Waals surface area contributed by atoms with Crippen molar-refractivity contribution in [2.75, 3.05) is 7.11 Å². The number of para-hydroxylation sites is 1. The molecule has 0 fully saturated rings. The second kappa shape index (κ2) is 6.12. The van der Waals surface area contributed by atoms with Gasteiger partial charge in [0.05, 0.1) is 12.5 Å². The number of alkyl halides is 1. The van der Waals surface area contributed by atoms with E-state index in [0.717, 1.165) is 17.7 Å². The van der Waals surface area contributed by atoms with E-state index >= 15 is 0 Å². The molecule has 0 spiro atoms. The third kappa shape index (κ3) is 3.10. The van der Waals surface area contributed by atoms with Gasteiger partial charge < -0.3 is 4.74 Å². The highest BCUT2D eigenvalue weighted by Crippen LogP contribution is 2.32. The highest BCUT2D eigenvalue weighted by atomic mass is 35.5. The van der Waals surface area contributed by atoms with Gasteiger partial charge in [-0.1, -0.05) is 36.4 Å². The molecule has 0 radical (unpaired) electrons. The molecule has 0 aliphatic carbocycles. The van der Waals surface area contributed by atoms with Crippen LogP contribution >= 0.6 is 11.6 Å². The summed E-state index contributed by atoms with van der Waals surface area (Å²) in [5, 5.41) is -0.0301. The Morgan fingerprint density at radius 3 is 2.26 bits per heavy atom. The predicted octanol–water partition coefficient (Wildman–Crippen LogP) is 4.83. The fourth-order valence-corrected chi connectivity index (χ4v) is 3.00. The monoisotopic (exact) mass is 274 g/mol. The molecule has 1 unspecified atom stereocenters. The van der Waals surface area contributed by atoms with Crippen LogP contribution in [0.25, 0.3) is 0 Å². The average Bonchev–Trinajstić information content (AvgIpc) is 2.39. The van der Waals surface area contributed by atoms with Crippen LogP contribution in [0.3, 0.4) is 0 Å². The first-order valence-corrected chi connectivity index (χ1v) is 6.89. The fraction of sp³-hybridized carbons (Fsp3) is 0.294. The maximum Gasteiger partial charge on any atom is 0.122 e. The van der Waals surface area contributed by atoms with Gasteiger partial charge in [0.15, 0.2) is 0 Å². The molecule has 0 aromatic heterocycles. The van der Waals surface area contributed by atoms with Crippen molar-refractivity contribution in [3.8, 4) is 5.75 Å². The summed E-state index contributed by atoms with van der Waals surface area (Å²) in [6, 6.07) is 14.3. The van der Waals surface area contributed by atoms with Crippen LogP contribution in [0.2, 0.25) is 0 Å². The lowest BCUT2D eigenvalue weighted by molar-refractivity contribution is 0.409. The van der Waals surface area contributed by atoms with Crippen molar-refractivity contribution in [2.24, 2.45) is 0 Å². The quantitative estimate of drug-likeness (QED) is 0.725. The van der Waals surface area contributed by atoms with E-state index in [1.165, 1.54) is 16.7 Å². The van der Waals surface area contributed by atoms with Crippen molar-refractivity contribution in [3.05, 3.63) is 64.7 Å². The molecule has 0 saturated heterocycles. The summed E-state index contributed by atoms with van der Waals surface area (Å²) in [4.78, 5) is 0. The van der Waals surface area contributed by atoms with Crippen LogP contribution < -0.4 is 4.74 Å². The Bertz CT molecular complexity index is 543. The maximum atomic E-state index is 6.62. The van der Waals surface area contributed by atoms with Gasteiger partial charge in [-0.3, -0.25) is 0 Å². The minimum Gasteiger partial charge on any atom is -0.496 e. The molecule has 0 N–H and O–H groups in total. The number of hydrogen-bond donors (Lipinski definition) is 0. The average molecular weight is 275 g/mol. The molecule has 2 rings (SSSR count). The third-order valence-electron chi connectivity index (χ3n) is 3.45. The fourth-order valence-electron chi connectivity index (χ4n) is 2.49. The number of ether oxygens (including phenoxy) is 1. The zero-order valence-electron chi connectivity index (χ0n) is 11.6. The Morgan fingerprint density at radius 2 is 1.63 bits per heavy atom. The van der Waals surface area contributed by atoms with Gasteiger partial charge in [-0.05, 0) is 48.6 Å². The molecule has 0 bridgehead atoms. The van der Waals surface area contributed by atoms with Gasteiger partial charge in [-0.15, -0.1) is 11.6 Å². The maximum absolute atomic E-state index is 6.62. The summed E-state index contributed by atoms with van der Waals surface area (Å²) < 4.78 is 5.38. The molecule has 2 heteroatoms. The highest BCUT2D eigenvalue weighted by molar-refractivity contribution is 6.21. The van der Waals surface area contributed by atoms with Crippen molar-refractivity contribution >= 4 is 11.6 Å². The standard InChI is InChI=1S/C17H19ClO/c1-12-7-6-8-13(2)17(12)15(18)11-14-9-4-5-10-16(14)19-3/h4-10,15H,11H2,1-3H3. The van der Waals surface area contributed by atoms with Crippen LogP contribution in [0.15, 0.2) is 42.5 Å². The number of halogens is 1. The summed E-state index contributed by atoms with van der Waals surface area (Å²) in [5.74, 6) is 0.902. The number of methoxy groups -OCH3 is 1. The van der Waals surface area contributed by atoms with Gasteiger partial charge >= 0.3 is 0 Å². The Morgan fingerprint density at radius 1 is 1.00 bits per heavy atom. The van der Waals surface area contributed by atoms with E-state index in [-0.39, 0.29) is 5.38 Å². The molecule has 2 aromatic rings. The predicted molar refractivity (Wildman–Crippen MR) is 81.2 cm³/mol. The third-order valence-corrected chi connectivity index (χ3v) is 3.82. The molecule has 100 valence electrons. The molecule has 0 saturated carbocycles. The summed E-state index contributed by atoms with van der Waals surface area (Å²) >= 11 is 6.62. The van der Waals surface area contributed by atoms with Crippen molar-refractivity contribution in [1.82, 2.24) is 0 Å². The van der Waals surface area contributed by atoms with Gasteiger partial charge in [0.25, 0.3) is 0 Å². The molecule has 0 aliphatic heterocycles. The van der Waals surface area contributed by atoms with Crippen LogP contribution in [0, 0.1) is 13.8 Å². The molecule has 0 aliphatic rings. The Hall–Kier alpha value is -1.47. The summed E-state index contributed by atoms with van der Waals surface area (Å²) in [7, 11) is 1.70. The zero-order chi connectivity index (χ0) is 13.8. The second-order valence-corrected chi connectivity index (χ2v) is 5.32. The van der Waals surface area contributed by atoms with E-state index in [2.05, 4.69) is 38.1 Å². The molecular weight excluding hydrogens is 256 g/mol. The first kappa shape index (κ1) is 14.0. The number of benzene rings is 2. The van der Waals surface area contributed by atoms with Gasteiger partial charge in [0.2, 0.25) is 0 Å². The summed E-state index contributed by atoms with van der Waals surface area (Å²) in [6.07, 6.45) is 0.775. The van der Waals surface area contributed by atoms with Crippen LogP contribution in [0.1, 0.15) is 27.6 Å². The van der Waals surface area contributed by atoms with E-state index < -0.39 is 0 Å². The first-order valence-electron chi connectivity index (χ1n) is 6.45. The number of hydrogen-bond acceptors (Lipinski definition) is 1. The Kier molecular flexibility index (Phi) is 4.49. The molecule has 19 heavy (non-hydrogen) atoms. The van der Waals surface area contributed by atoms with Gasteiger partial charge in [-0.2, -0.15) is 0 Å². The zero-order valence-corrected chi connectivity index (χ0v) is 12.4. The Balaban J connectivity index is 2.28. The van der Waals surface area contributed by atoms with E-state index in [1.54, 1.807) is 7.11 Å². The SMILES string of the molecule is COc1ccccc1CC(Cl)c1c(C)cccc1C. The lowest BCUT2D eigenvalue weighted by Crippen LogP contribution is -2.02. The number of rotatable bonds is 4. The van der Waals surface area contributed by atoms with Crippen LogP contribution in [-0.2, 0) is 6.42 Å². The highest BCUT2D eigenvalue weighted by Gasteiger charge is 2.15. The molecule has 1 nitrogen and oxygen atoms in total. The largest absolute Gasteiger partial charge is 0.496 e. The molecule has 2 aromatic carbocycles. The summed E-state index contributed by atoms with van der Waals surface area (Å²) in [5.41, 5.74) is 4.87. The summed E-state index contributed by atoms with van der Waals surface area (Å²) in [6.45, 7) is 4.22. The Labute approximate surface area is 120 Å². The lowest BCUT2D eigenvalue weighted by Gasteiger charge is -2.17. The van der Waals surface area contributed by atoms with Crippen LogP contribution in [-0.4, -0.2) is 7.11 Å². The van der Waals surface area contributed by atoms with Gasteiger partial charge in [0, 0.05) is 0 Å². The smallest absolute Gasteiger partial charge is 0.122 e. The molecule has 1 atom stereocenters. The van der Waals surface area contributed by atoms with E-state index in [0.29, 0.717) is 0 Å². The molecular formula is C17H19ClO. The van der Waals surface area contributed by atoms with Gasteiger partial charge in [-0.25, -0.2) is 0 Å². The van der Waals surface area contributed by atoms with E-state index in [1.807, 2.05) is 18.2 Å². The van der Waals surface area contributed by atoms with Crippen molar-refractivity contribution in [3.63, 3.8) is 0 Å². The van der Waals surface area contributed by atoms with Crippen molar-refractivity contribution in [1.29, 1.82) is 0 Å². The minimum absolute atomic E-state index is 0.0301. The van der Waals surface area contributed by atoms with Crippen LogP contribution in [0.5, 0.6) is 5.75 Å².